The summed E-state index contributed by atoms with van der Waals surface area (Å²) in [6, 6.07) is 13.3. The lowest BCUT2D eigenvalue weighted by molar-refractivity contribution is 0.251. The second-order valence-corrected chi connectivity index (χ2v) is 8.09. The van der Waals surface area contributed by atoms with Crippen LogP contribution in [0.3, 0.4) is 0 Å². The number of halogens is 1. The minimum absolute atomic E-state index is 0.280. The van der Waals surface area contributed by atoms with E-state index in [1.165, 1.54) is 11.3 Å². The van der Waals surface area contributed by atoms with Crippen LogP contribution in [-0.2, 0) is 6.54 Å². The zero-order chi connectivity index (χ0) is 20.2. The minimum Gasteiger partial charge on any atom is -0.494 e. The molecule has 3 N–H and O–H groups in total. The number of urea groups is 1. The number of nitrogens with one attached hydrogen (secondary N) is 3. The first kappa shape index (κ1) is 19.4. The summed E-state index contributed by atoms with van der Waals surface area (Å²) in [6.45, 7) is 2.82. The van der Waals surface area contributed by atoms with Gasteiger partial charge in [-0.2, -0.15) is 0 Å². The Morgan fingerprint density at radius 1 is 1.24 bits per heavy atom. The Balaban J connectivity index is 1.35. The molecule has 2 amide bonds. The van der Waals surface area contributed by atoms with E-state index in [-0.39, 0.29) is 12.6 Å². The summed E-state index contributed by atoms with van der Waals surface area (Å²) in [6.07, 6.45) is 1.75. The standard InChI is InChI=1S/C20H18BrN5O2S/c1-2-28-14-7-8-15-17(9-14)29-20(25-15)26-19(27)23-11-18-22-10-16(24-18)12-3-5-13(21)6-4-12/h3-10H,2,11H2,1H3,(H,22,24)(H2,23,25,26,27). The topological polar surface area (TPSA) is 91.9 Å². The lowest BCUT2D eigenvalue weighted by Gasteiger charge is -2.03. The molecule has 0 saturated heterocycles. The van der Waals surface area contributed by atoms with Crippen molar-refractivity contribution in [3.8, 4) is 17.0 Å². The molecular formula is C20H18BrN5O2S. The molecule has 0 aliphatic carbocycles. The van der Waals surface area contributed by atoms with Crippen LogP contribution in [0, 0.1) is 0 Å². The van der Waals surface area contributed by atoms with Gasteiger partial charge in [-0.25, -0.2) is 14.8 Å². The zero-order valence-electron chi connectivity index (χ0n) is 15.5. The molecule has 2 aromatic carbocycles. The average Bonchev–Trinajstić information content (AvgIpc) is 3.33. The van der Waals surface area contributed by atoms with Crippen LogP contribution in [0.15, 0.2) is 53.1 Å². The molecule has 0 aliphatic rings. The summed E-state index contributed by atoms with van der Waals surface area (Å²) in [7, 11) is 0. The van der Waals surface area contributed by atoms with Crippen LogP contribution < -0.4 is 15.4 Å². The van der Waals surface area contributed by atoms with Crippen molar-refractivity contribution in [1.29, 1.82) is 0 Å². The third kappa shape index (κ3) is 4.75. The van der Waals surface area contributed by atoms with E-state index >= 15 is 0 Å². The lowest BCUT2D eigenvalue weighted by atomic mass is 10.2. The quantitative estimate of drug-likeness (QED) is 0.361. The Labute approximate surface area is 179 Å². The summed E-state index contributed by atoms with van der Waals surface area (Å²) in [5, 5.41) is 6.08. The van der Waals surface area contributed by atoms with E-state index in [0.29, 0.717) is 17.6 Å². The van der Waals surface area contributed by atoms with E-state index in [0.717, 1.165) is 31.7 Å². The van der Waals surface area contributed by atoms with Crippen molar-refractivity contribution in [2.24, 2.45) is 0 Å². The molecule has 0 atom stereocenters. The lowest BCUT2D eigenvalue weighted by Crippen LogP contribution is -2.28. The van der Waals surface area contributed by atoms with Gasteiger partial charge in [-0.3, -0.25) is 5.32 Å². The van der Waals surface area contributed by atoms with E-state index in [1.807, 2.05) is 49.4 Å². The summed E-state index contributed by atoms with van der Waals surface area (Å²) < 4.78 is 7.47. The first-order chi connectivity index (χ1) is 14.1. The van der Waals surface area contributed by atoms with Gasteiger partial charge in [0.25, 0.3) is 0 Å². The molecule has 0 bridgehead atoms. The minimum atomic E-state index is -0.337. The fourth-order valence-electron chi connectivity index (χ4n) is 2.75. The molecule has 9 heteroatoms. The highest BCUT2D eigenvalue weighted by Gasteiger charge is 2.10. The van der Waals surface area contributed by atoms with Gasteiger partial charge in [0, 0.05) is 4.47 Å². The molecule has 0 unspecified atom stereocenters. The van der Waals surface area contributed by atoms with Crippen LogP contribution in [0.2, 0.25) is 0 Å². The van der Waals surface area contributed by atoms with Crippen LogP contribution in [0.1, 0.15) is 12.7 Å². The Hall–Kier alpha value is -2.91. The second-order valence-electron chi connectivity index (χ2n) is 6.14. The van der Waals surface area contributed by atoms with Gasteiger partial charge >= 0.3 is 6.03 Å². The number of benzene rings is 2. The van der Waals surface area contributed by atoms with E-state index in [2.05, 4.69) is 41.5 Å². The van der Waals surface area contributed by atoms with Crippen LogP contribution in [0.5, 0.6) is 5.75 Å². The SMILES string of the molecule is CCOc1ccc2nc(NC(=O)NCc3ncc(-c4ccc(Br)cc4)[nH]3)sc2c1. The molecule has 29 heavy (non-hydrogen) atoms. The van der Waals surface area contributed by atoms with Gasteiger partial charge in [-0.1, -0.05) is 39.4 Å². The van der Waals surface area contributed by atoms with Gasteiger partial charge in [-0.15, -0.1) is 0 Å². The van der Waals surface area contributed by atoms with E-state index in [9.17, 15) is 4.79 Å². The van der Waals surface area contributed by atoms with E-state index in [4.69, 9.17) is 4.74 Å². The fraction of sp³-hybridized carbons (Fsp3) is 0.150. The Bertz CT molecular complexity index is 1140. The monoisotopic (exact) mass is 471 g/mol. The normalized spacial score (nSPS) is 10.8. The molecule has 0 fully saturated rings. The van der Waals surface area contributed by atoms with Crippen LogP contribution >= 0.6 is 27.3 Å². The first-order valence-corrected chi connectivity index (χ1v) is 10.6. The number of aromatic amines is 1. The number of nitrogens with zero attached hydrogens (tertiary/aromatic N) is 2. The van der Waals surface area contributed by atoms with Crippen LogP contribution in [0.4, 0.5) is 9.93 Å². The number of hydrogen-bond donors (Lipinski definition) is 3. The number of amides is 2. The maximum atomic E-state index is 12.2. The molecule has 4 rings (SSSR count). The van der Waals surface area contributed by atoms with Crippen LogP contribution in [0.25, 0.3) is 21.5 Å². The largest absolute Gasteiger partial charge is 0.494 e. The summed E-state index contributed by atoms with van der Waals surface area (Å²) in [4.78, 5) is 24.2. The Kier molecular flexibility index (Phi) is 5.77. The highest BCUT2D eigenvalue weighted by atomic mass is 79.9. The third-order valence-corrected chi connectivity index (χ3v) is 5.55. The zero-order valence-corrected chi connectivity index (χ0v) is 17.9. The molecule has 148 valence electrons. The number of fused-ring (bicyclic) bond motifs is 1. The molecule has 2 heterocycles. The smallest absolute Gasteiger partial charge is 0.321 e. The first-order valence-electron chi connectivity index (χ1n) is 8.99. The van der Waals surface area contributed by atoms with Crippen molar-refractivity contribution in [1.82, 2.24) is 20.3 Å². The molecule has 0 saturated carbocycles. The number of ether oxygens (including phenoxy) is 1. The van der Waals surface area contributed by atoms with E-state index in [1.54, 1.807) is 6.20 Å². The number of anilines is 1. The number of rotatable bonds is 6. The number of imidazole rings is 1. The number of hydrogen-bond acceptors (Lipinski definition) is 5. The maximum Gasteiger partial charge on any atom is 0.321 e. The van der Waals surface area contributed by atoms with Gasteiger partial charge in [0.2, 0.25) is 0 Å². The summed E-state index contributed by atoms with van der Waals surface area (Å²) in [5.41, 5.74) is 2.74. The van der Waals surface area contributed by atoms with Crippen molar-refractivity contribution in [3.63, 3.8) is 0 Å². The second kappa shape index (κ2) is 8.62. The highest BCUT2D eigenvalue weighted by Crippen LogP contribution is 2.29. The van der Waals surface area contributed by atoms with E-state index < -0.39 is 0 Å². The number of H-pyrrole nitrogens is 1. The molecule has 0 aliphatic heterocycles. The van der Waals surface area contributed by atoms with Gasteiger partial charge in [0.15, 0.2) is 5.13 Å². The van der Waals surface area contributed by atoms with Gasteiger partial charge in [-0.05, 0) is 42.8 Å². The van der Waals surface area contributed by atoms with Crippen molar-refractivity contribution < 1.29 is 9.53 Å². The molecule has 7 nitrogen and oxygen atoms in total. The number of carbonyl (C=O) groups excluding carboxylic acids is 1. The number of carbonyl (C=O) groups is 1. The third-order valence-electron chi connectivity index (χ3n) is 4.09. The molecule has 4 aromatic rings. The molecule has 0 radical (unpaired) electrons. The summed E-state index contributed by atoms with van der Waals surface area (Å²) in [5.74, 6) is 1.46. The predicted octanol–water partition coefficient (Wildman–Crippen LogP) is 5.17. The highest BCUT2D eigenvalue weighted by molar-refractivity contribution is 9.10. The number of thiazole rings is 1. The number of aromatic nitrogens is 3. The molecule has 0 spiro atoms. The average molecular weight is 472 g/mol. The van der Waals surface area contributed by atoms with Crippen LogP contribution in [-0.4, -0.2) is 27.6 Å². The fourth-order valence-corrected chi connectivity index (χ4v) is 3.90. The predicted molar refractivity (Wildman–Crippen MR) is 118 cm³/mol. The maximum absolute atomic E-state index is 12.2. The summed E-state index contributed by atoms with van der Waals surface area (Å²) >= 11 is 4.82. The Morgan fingerprint density at radius 3 is 2.86 bits per heavy atom. The van der Waals surface area contributed by atoms with Crippen molar-refractivity contribution in [2.45, 2.75) is 13.5 Å². The molecule has 2 aromatic heterocycles. The van der Waals surface area contributed by atoms with Gasteiger partial charge in [0.1, 0.15) is 11.6 Å². The van der Waals surface area contributed by atoms with Crippen molar-refractivity contribution in [3.05, 3.63) is 59.0 Å². The molecular weight excluding hydrogens is 454 g/mol. The Morgan fingerprint density at radius 2 is 2.07 bits per heavy atom. The van der Waals surface area contributed by atoms with Gasteiger partial charge in [0.05, 0.1) is 35.3 Å². The van der Waals surface area contributed by atoms with Crippen molar-refractivity contribution in [2.75, 3.05) is 11.9 Å². The van der Waals surface area contributed by atoms with Gasteiger partial charge < -0.3 is 15.0 Å². The van der Waals surface area contributed by atoms with Crippen molar-refractivity contribution >= 4 is 48.6 Å².